The third kappa shape index (κ3) is 4.34. The molecule has 0 bridgehead atoms. The van der Waals surface area contributed by atoms with E-state index >= 15 is 0 Å². The maximum Gasteiger partial charge on any atom is 0.272 e. The number of nitrogens with zero attached hydrogens (tertiary/aromatic N) is 2. The molecule has 2 aromatic heterocycles. The molecule has 0 spiro atoms. The van der Waals surface area contributed by atoms with Crippen LogP contribution in [0.5, 0.6) is 0 Å². The minimum Gasteiger partial charge on any atom is -0.325 e. The van der Waals surface area contributed by atoms with Crippen LogP contribution in [0, 0.1) is 6.92 Å². The molecule has 0 aliphatic heterocycles. The van der Waals surface area contributed by atoms with Crippen LogP contribution < -0.4 is 10.9 Å². The highest BCUT2D eigenvalue weighted by Crippen LogP contribution is 2.21. The number of aromatic nitrogens is 2. The third-order valence-electron chi connectivity index (χ3n) is 3.90. The number of carbonyl (C=O) groups excluding carboxylic acids is 1. The van der Waals surface area contributed by atoms with Gasteiger partial charge in [-0.05, 0) is 42.5 Å². The van der Waals surface area contributed by atoms with Crippen molar-refractivity contribution >= 4 is 44.9 Å². The first-order valence-corrected chi connectivity index (χ1v) is 10.4. The second-order valence-corrected chi connectivity index (χ2v) is 7.90. The highest BCUT2D eigenvalue weighted by atomic mass is 32.2. The summed E-state index contributed by atoms with van der Waals surface area (Å²) in [5.41, 5.74) is 2.56. The number of nitrogens with one attached hydrogen (secondary N) is 1. The molecule has 7 heteroatoms. The van der Waals surface area contributed by atoms with Crippen LogP contribution in [0.15, 0.2) is 45.7 Å². The van der Waals surface area contributed by atoms with Gasteiger partial charge in [0.25, 0.3) is 5.56 Å². The fraction of sp³-hybridized carbons (Fsp3) is 0.316. The van der Waals surface area contributed by atoms with E-state index in [1.54, 1.807) is 4.57 Å². The SMILES string of the molecule is CCCCn1c(SCC(=O)Nc2cccc(C)c2)nc2ccsc2c1=O. The third-order valence-corrected chi connectivity index (χ3v) is 5.77. The van der Waals surface area contributed by atoms with Crippen molar-refractivity contribution in [3.8, 4) is 0 Å². The molecule has 0 aliphatic carbocycles. The molecule has 0 saturated carbocycles. The number of carbonyl (C=O) groups is 1. The summed E-state index contributed by atoms with van der Waals surface area (Å²) in [6.07, 6.45) is 1.90. The van der Waals surface area contributed by atoms with Gasteiger partial charge in [-0.25, -0.2) is 4.98 Å². The van der Waals surface area contributed by atoms with Crippen molar-refractivity contribution < 1.29 is 4.79 Å². The molecule has 1 aromatic carbocycles. The Morgan fingerprint density at radius 1 is 1.35 bits per heavy atom. The summed E-state index contributed by atoms with van der Waals surface area (Å²) in [6, 6.07) is 9.53. The van der Waals surface area contributed by atoms with Crippen molar-refractivity contribution in [2.75, 3.05) is 11.1 Å². The number of unbranched alkanes of at least 4 members (excludes halogenated alkanes) is 1. The molecule has 0 atom stereocenters. The smallest absolute Gasteiger partial charge is 0.272 e. The Morgan fingerprint density at radius 3 is 2.96 bits per heavy atom. The number of amides is 1. The predicted octanol–water partition coefficient (Wildman–Crippen LogP) is 4.30. The van der Waals surface area contributed by atoms with Gasteiger partial charge in [0, 0.05) is 12.2 Å². The molecule has 0 aliphatic rings. The summed E-state index contributed by atoms with van der Waals surface area (Å²) < 4.78 is 2.38. The van der Waals surface area contributed by atoms with Gasteiger partial charge in [0.15, 0.2) is 5.16 Å². The maximum atomic E-state index is 12.7. The summed E-state index contributed by atoms with van der Waals surface area (Å²) in [7, 11) is 0. The number of hydrogen-bond acceptors (Lipinski definition) is 5. The number of fused-ring (bicyclic) bond motifs is 1. The van der Waals surface area contributed by atoms with Crippen molar-refractivity contribution in [1.82, 2.24) is 9.55 Å². The number of anilines is 1. The van der Waals surface area contributed by atoms with Crippen LogP contribution in [0.25, 0.3) is 10.2 Å². The Morgan fingerprint density at radius 2 is 2.19 bits per heavy atom. The molecule has 0 unspecified atom stereocenters. The number of aryl methyl sites for hydroxylation is 1. The minimum absolute atomic E-state index is 0.0138. The quantitative estimate of drug-likeness (QED) is 0.485. The number of hydrogen-bond donors (Lipinski definition) is 1. The lowest BCUT2D eigenvalue weighted by Gasteiger charge is -2.11. The molecular formula is C19H21N3O2S2. The van der Waals surface area contributed by atoms with Gasteiger partial charge in [-0.2, -0.15) is 0 Å². The van der Waals surface area contributed by atoms with Crippen molar-refractivity contribution in [2.45, 2.75) is 38.4 Å². The van der Waals surface area contributed by atoms with Crippen LogP contribution in [0.1, 0.15) is 25.3 Å². The van der Waals surface area contributed by atoms with E-state index < -0.39 is 0 Å². The largest absolute Gasteiger partial charge is 0.325 e. The Balaban J connectivity index is 1.76. The maximum absolute atomic E-state index is 12.7. The van der Waals surface area contributed by atoms with Crippen LogP contribution in [0.3, 0.4) is 0 Å². The summed E-state index contributed by atoms with van der Waals surface area (Å²) in [5.74, 6) is 0.101. The molecule has 136 valence electrons. The summed E-state index contributed by atoms with van der Waals surface area (Å²) >= 11 is 2.72. The second-order valence-electron chi connectivity index (χ2n) is 6.05. The van der Waals surface area contributed by atoms with Gasteiger partial charge in [0.2, 0.25) is 5.91 Å². The van der Waals surface area contributed by atoms with Gasteiger partial charge in [0.1, 0.15) is 4.70 Å². The molecule has 1 amide bonds. The first-order chi connectivity index (χ1) is 12.6. The Labute approximate surface area is 160 Å². The molecule has 5 nitrogen and oxygen atoms in total. The van der Waals surface area contributed by atoms with Crippen molar-refractivity contribution in [2.24, 2.45) is 0 Å². The molecule has 0 radical (unpaired) electrons. The highest BCUT2D eigenvalue weighted by Gasteiger charge is 2.14. The molecular weight excluding hydrogens is 366 g/mol. The lowest BCUT2D eigenvalue weighted by Crippen LogP contribution is -2.23. The average molecular weight is 388 g/mol. The number of thioether (sulfide) groups is 1. The normalized spacial score (nSPS) is 11.0. The van der Waals surface area contributed by atoms with Crippen LogP contribution in [-0.4, -0.2) is 21.2 Å². The number of thiophene rings is 1. The lowest BCUT2D eigenvalue weighted by atomic mass is 10.2. The average Bonchev–Trinajstić information content (AvgIpc) is 3.08. The molecule has 0 fully saturated rings. The minimum atomic E-state index is -0.109. The molecule has 26 heavy (non-hydrogen) atoms. The highest BCUT2D eigenvalue weighted by molar-refractivity contribution is 7.99. The van der Waals surface area contributed by atoms with E-state index in [9.17, 15) is 9.59 Å². The van der Waals surface area contributed by atoms with Crippen LogP contribution in [0.4, 0.5) is 5.69 Å². The van der Waals surface area contributed by atoms with Gasteiger partial charge in [-0.15, -0.1) is 11.3 Å². The predicted molar refractivity (Wildman–Crippen MR) is 109 cm³/mol. The van der Waals surface area contributed by atoms with Gasteiger partial charge < -0.3 is 5.32 Å². The van der Waals surface area contributed by atoms with Crippen molar-refractivity contribution in [1.29, 1.82) is 0 Å². The van der Waals surface area contributed by atoms with E-state index in [0.717, 1.165) is 24.1 Å². The topological polar surface area (TPSA) is 64.0 Å². The van der Waals surface area contributed by atoms with Gasteiger partial charge in [-0.1, -0.05) is 37.2 Å². The van der Waals surface area contributed by atoms with Crippen LogP contribution in [-0.2, 0) is 11.3 Å². The van der Waals surface area contributed by atoms with E-state index in [0.29, 0.717) is 21.9 Å². The first-order valence-electron chi connectivity index (χ1n) is 8.56. The molecule has 3 aromatic rings. The summed E-state index contributed by atoms with van der Waals surface area (Å²) in [6.45, 7) is 4.69. The van der Waals surface area contributed by atoms with Crippen molar-refractivity contribution in [3.05, 3.63) is 51.6 Å². The standard InChI is InChI=1S/C19H21N3O2S2/c1-3-4-9-22-18(24)17-15(8-10-25-17)21-19(22)26-12-16(23)20-14-7-5-6-13(2)11-14/h5-8,10-11H,3-4,9,12H2,1-2H3,(H,20,23). The van der Waals surface area contributed by atoms with Crippen LogP contribution >= 0.6 is 23.1 Å². The fourth-order valence-corrected chi connectivity index (χ4v) is 4.20. The monoisotopic (exact) mass is 387 g/mol. The van der Waals surface area contributed by atoms with E-state index in [-0.39, 0.29) is 17.2 Å². The lowest BCUT2D eigenvalue weighted by molar-refractivity contribution is -0.113. The molecule has 2 heterocycles. The molecule has 0 saturated heterocycles. The van der Waals surface area contributed by atoms with Gasteiger partial charge in [-0.3, -0.25) is 14.2 Å². The van der Waals surface area contributed by atoms with E-state index in [4.69, 9.17) is 0 Å². The molecule has 1 N–H and O–H groups in total. The van der Waals surface area contributed by atoms with Crippen LogP contribution in [0.2, 0.25) is 0 Å². The van der Waals surface area contributed by atoms with Gasteiger partial charge in [0.05, 0.1) is 11.3 Å². The zero-order valence-corrected chi connectivity index (χ0v) is 16.5. The Bertz CT molecular complexity index is 978. The van der Waals surface area contributed by atoms with E-state index in [1.807, 2.05) is 42.6 Å². The summed E-state index contributed by atoms with van der Waals surface area (Å²) in [5, 5.41) is 5.37. The van der Waals surface area contributed by atoms with E-state index in [2.05, 4.69) is 17.2 Å². The summed E-state index contributed by atoms with van der Waals surface area (Å²) in [4.78, 5) is 29.6. The number of benzene rings is 1. The zero-order valence-electron chi connectivity index (χ0n) is 14.8. The number of rotatable bonds is 7. The van der Waals surface area contributed by atoms with E-state index in [1.165, 1.54) is 23.1 Å². The Hall–Kier alpha value is -2.12. The van der Waals surface area contributed by atoms with Crippen molar-refractivity contribution in [3.63, 3.8) is 0 Å². The zero-order chi connectivity index (χ0) is 18.5. The Kier molecular flexibility index (Phi) is 6.11. The second kappa shape index (κ2) is 8.51. The fourth-order valence-electron chi connectivity index (χ4n) is 2.60. The molecule has 3 rings (SSSR count). The van der Waals surface area contributed by atoms with Gasteiger partial charge >= 0.3 is 0 Å². The first kappa shape index (κ1) is 18.7.